The minimum absolute atomic E-state index is 0.0244. The normalized spacial score (nSPS) is 14.4. The van der Waals surface area contributed by atoms with Crippen molar-refractivity contribution in [1.29, 1.82) is 0 Å². The van der Waals surface area contributed by atoms with Gasteiger partial charge in [-0.1, -0.05) is 37.5 Å². The molecule has 3 rings (SSSR count). The third-order valence-corrected chi connectivity index (χ3v) is 6.62. The van der Waals surface area contributed by atoms with Crippen LogP contribution in [0, 0.1) is 5.92 Å². The number of para-hydroxylation sites is 1. The third kappa shape index (κ3) is 7.54. The third-order valence-electron chi connectivity index (χ3n) is 5.37. The lowest BCUT2D eigenvalue weighted by atomic mass is 9.89. The minimum Gasteiger partial charge on any atom is -0.453 e. The van der Waals surface area contributed by atoms with Gasteiger partial charge in [0, 0.05) is 12.8 Å². The lowest BCUT2D eigenvalue weighted by molar-refractivity contribution is -0.124. The molecule has 192 valence electrons. The van der Waals surface area contributed by atoms with Gasteiger partial charge in [0.2, 0.25) is 17.8 Å². The van der Waals surface area contributed by atoms with E-state index in [1.54, 1.807) is 18.2 Å². The molecule has 0 atom stereocenters. The predicted molar refractivity (Wildman–Crippen MR) is 132 cm³/mol. The molecule has 0 saturated heterocycles. The molecule has 1 aliphatic carbocycles. The van der Waals surface area contributed by atoms with Crippen LogP contribution >= 0.6 is 0 Å². The Morgan fingerprint density at radius 3 is 2.31 bits per heavy atom. The zero-order chi connectivity index (χ0) is 26.1. The number of methoxy groups -OCH3 is 1. The summed E-state index contributed by atoms with van der Waals surface area (Å²) >= 11 is 0. The molecule has 1 aliphatic rings. The average Bonchev–Trinajstić information content (AvgIpc) is 2.85. The fraction of sp³-hybridized carbons (Fsp3) is 0.333. The second-order valence-electron chi connectivity index (χ2n) is 8.11. The number of amides is 3. The molecule has 1 fully saturated rings. The van der Waals surface area contributed by atoms with E-state index in [0.717, 1.165) is 39.2 Å². The molecule has 11 nitrogen and oxygen atoms in total. The van der Waals surface area contributed by atoms with Gasteiger partial charge in [-0.05, 0) is 43.2 Å². The van der Waals surface area contributed by atoms with E-state index in [0.29, 0.717) is 0 Å². The number of benzene rings is 2. The van der Waals surface area contributed by atoms with E-state index in [1.165, 1.54) is 37.3 Å². The highest BCUT2D eigenvalue weighted by atomic mass is 32.2. The van der Waals surface area contributed by atoms with Crippen LogP contribution in [-0.2, 0) is 24.4 Å². The topological polar surface area (TPSA) is 152 Å². The van der Waals surface area contributed by atoms with Crippen LogP contribution < -0.4 is 20.1 Å². The number of rotatable bonds is 6. The fourth-order valence-electron chi connectivity index (χ4n) is 3.65. The maximum absolute atomic E-state index is 12.8. The van der Waals surface area contributed by atoms with E-state index in [2.05, 4.69) is 25.7 Å². The van der Waals surface area contributed by atoms with Crippen molar-refractivity contribution in [1.82, 2.24) is 10.6 Å². The molecule has 0 heterocycles. The summed E-state index contributed by atoms with van der Waals surface area (Å²) in [5.41, 5.74) is 0.107. The van der Waals surface area contributed by atoms with Crippen LogP contribution in [0.4, 0.5) is 16.2 Å². The molecule has 0 aliphatic heterocycles. The van der Waals surface area contributed by atoms with Crippen LogP contribution in [0.25, 0.3) is 0 Å². The summed E-state index contributed by atoms with van der Waals surface area (Å²) in [6.07, 6.45) is 3.51. The van der Waals surface area contributed by atoms with E-state index in [1.807, 2.05) is 0 Å². The monoisotopic (exact) mass is 516 g/mol. The minimum atomic E-state index is -4.23. The number of ether oxygens (including phenoxy) is 1. The number of alkyl carbamates (subject to hydrolysis) is 1. The number of carbonyl (C=O) groups excluding carboxylic acids is 3. The van der Waals surface area contributed by atoms with Gasteiger partial charge >= 0.3 is 16.2 Å². The van der Waals surface area contributed by atoms with Crippen molar-refractivity contribution in [2.75, 3.05) is 12.4 Å². The molecular formula is C24H28N4O7S. The van der Waals surface area contributed by atoms with E-state index >= 15 is 0 Å². The number of carbonyl (C=O) groups is 3. The highest BCUT2D eigenvalue weighted by Crippen LogP contribution is 2.30. The molecule has 2 aromatic carbocycles. The molecule has 0 spiro atoms. The van der Waals surface area contributed by atoms with Gasteiger partial charge in [0.25, 0.3) is 0 Å². The Hall–Kier alpha value is -3.93. The quantitative estimate of drug-likeness (QED) is 0.302. The molecule has 0 bridgehead atoms. The smallest absolute Gasteiger partial charge is 0.413 e. The highest BCUT2D eigenvalue weighted by Gasteiger charge is 2.24. The van der Waals surface area contributed by atoms with Crippen LogP contribution in [0.1, 0.15) is 39.0 Å². The summed E-state index contributed by atoms with van der Waals surface area (Å²) in [4.78, 5) is 40.4. The van der Waals surface area contributed by atoms with Gasteiger partial charge in [-0.2, -0.15) is 8.42 Å². The zero-order valence-electron chi connectivity index (χ0n) is 19.9. The first-order chi connectivity index (χ1) is 17.2. The lowest BCUT2D eigenvalue weighted by Crippen LogP contribution is -2.46. The molecule has 0 unspecified atom stereocenters. The molecular weight excluding hydrogens is 488 g/mol. The van der Waals surface area contributed by atoms with Crippen molar-refractivity contribution in [3.05, 3.63) is 48.5 Å². The Morgan fingerprint density at radius 2 is 1.67 bits per heavy atom. The van der Waals surface area contributed by atoms with Crippen LogP contribution in [0.5, 0.6) is 5.75 Å². The van der Waals surface area contributed by atoms with Gasteiger partial charge in [0.1, 0.15) is 10.6 Å². The van der Waals surface area contributed by atoms with E-state index < -0.39 is 22.1 Å². The van der Waals surface area contributed by atoms with Gasteiger partial charge < -0.3 is 14.2 Å². The number of hydrogen-bond acceptors (Lipinski definition) is 8. The Bertz CT molecular complexity index is 1240. The lowest BCUT2D eigenvalue weighted by Gasteiger charge is -2.21. The number of aliphatic imine (C=N–C) groups is 1. The molecule has 0 aromatic heterocycles. The highest BCUT2D eigenvalue weighted by molar-refractivity contribution is 7.87. The molecule has 12 heteroatoms. The molecule has 36 heavy (non-hydrogen) atoms. The van der Waals surface area contributed by atoms with Gasteiger partial charge in [-0.15, -0.1) is 0 Å². The van der Waals surface area contributed by atoms with Crippen LogP contribution in [0.2, 0.25) is 0 Å². The average molecular weight is 517 g/mol. The predicted octanol–water partition coefficient (Wildman–Crippen LogP) is 3.45. The van der Waals surface area contributed by atoms with Crippen LogP contribution in [0.3, 0.4) is 0 Å². The van der Waals surface area contributed by atoms with Crippen molar-refractivity contribution in [3.63, 3.8) is 0 Å². The second-order valence-corrected chi connectivity index (χ2v) is 9.66. The Morgan fingerprint density at radius 1 is 0.972 bits per heavy atom. The number of hydrogen-bond donors (Lipinski definition) is 3. The van der Waals surface area contributed by atoms with Gasteiger partial charge in [-0.25, -0.2) is 9.79 Å². The molecule has 1 saturated carbocycles. The summed E-state index contributed by atoms with van der Waals surface area (Å²) in [5.74, 6) is -1.11. The van der Waals surface area contributed by atoms with Crippen molar-refractivity contribution >= 4 is 45.4 Å². The van der Waals surface area contributed by atoms with Crippen molar-refractivity contribution in [3.8, 4) is 5.75 Å². The van der Waals surface area contributed by atoms with E-state index in [4.69, 9.17) is 4.18 Å². The number of nitrogens with one attached hydrogen (secondary N) is 3. The molecule has 3 amide bonds. The van der Waals surface area contributed by atoms with Crippen molar-refractivity contribution in [2.24, 2.45) is 10.9 Å². The van der Waals surface area contributed by atoms with Crippen molar-refractivity contribution < 1.29 is 31.7 Å². The molecule has 3 N–H and O–H groups in total. The fourth-order valence-corrected chi connectivity index (χ4v) is 4.61. The van der Waals surface area contributed by atoms with Crippen molar-refractivity contribution in [2.45, 2.75) is 43.9 Å². The zero-order valence-corrected chi connectivity index (χ0v) is 20.8. The summed E-state index contributed by atoms with van der Waals surface area (Å²) in [6.45, 7) is 1.24. The first kappa shape index (κ1) is 26.7. The Kier molecular flexibility index (Phi) is 9.01. The second kappa shape index (κ2) is 12.2. The Labute approximate surface area is 209 Å². The molecule has 2 aromatic rings. The van der Waals surface area contributed by atoms with Crippen LogP contribution in [-0.4, -0.2) is 39.4 Å². The summed E-state index contributed by atoms with van der Waals surface area (Å²) in [5, 5.41) is 7.46. The first-order valence-electron chi connectivity index (χ1n) is 11.3. The summed E-state index contributed by atoms with van der Waals surface area (Å²) in [6, 6.07) is 11.7. The summed E-state index contributed by atoms with van der Waals surface area (Å²) < 4.78 is 35.3. The SMILES string of the molecule is COC(=O)NC(=Nc1ccc(S(=O)(=O)Oc2ccccc2)cc1NC(C)=O)NC(=O)C1CCCCC1. The van der Waals surface area contributed by atoms with Crippen LogP contribution in [0.15, 0.2) is 58.4 Å². The first-order valence-corrected chi connectivity index (χ1v) is 12.7. The number of guanidine groups is 1. The van der Waals surface area contributed by atoms with Gasteiger partial charge in [0.05, 0.1) is 18.5 Å². The Balaban J connectivity index is 1.94. The van der Waals surface area contributed by atoms with E-state index in [9.17, 15) is 22.8 Å². The largest absolute Gasteiger partial charge is 0.453 e. The number of anilines is 1. The summed E-state index contributed by atoms with van der Waals surface area (Å²) in [7, 11) is -3.07. The molecule has 0 radical (unpaired) electrons. The number of nitrogens with zero attached hydrogens (tertiary/aromatic N) is 1. The maximum Gasteiger partial charge on any atom is 0.413 e. The van der Waals surface area contributed by atoms with Gasteiger partial charge in [-0.3, -0.25) is 20.2 Å². The van der Waals surface area contributed by atoms with E-state index in [-0.39, 0.29) is 39.8 Å². The maximum atomic E-state index is 12.8. The standard InChI is InChI=1S/C24H28N4O7S/c1-16(29)25-21-15-19(36(32,33)35-18-11-7-4-8-12-18)13-14-20(21)26-23(28-24(31)34-2)27-22(30)17-9-5-3-6-10-17/h4,7-8,11-15,17H,3,5-6,9-10H2,1-2H3,(H,25,29)(H2,26,27,28,30,31). The van der Waals surface area contributed by atoms with Gasteiger partial charge in [0.15, 0.2) is 0 Å².